The highest BCUT2D eigenvalue weighted by Gasteiger charge is 2.39. The van der Waals surface area contributed by atoms with Crippen molar-refractivity contribution in [1.29, 1.82) is 0 Å². The van der Waals surface area contributed by atoms with E-state index in [1.165, 1.54) is 6.07 Å². The Balaban J connectivity index is 2.43. The van der Waals surface area contributed by atoms with E-state index in [0.717, 1.165) is 16.5 Å². The molecule has 0 unspecified atom stereocenters. The Morgan fingerprint density at radius 1 is 1.57 bits per heavy atom. The Labute approximate surface area is 89.4 Å². The zero-order valence-electron chi connectivity index (χ0n) is 7.31. The second kappa shape index (κ2) is 3.33. The maximum atomic E-state index is 10.8. The molecule has 0 aliphatic heterocycles. The standard InChI is InChI=1S/C9H9BrN2O2/c10-5-1-2-6(7-4-8(7)11)9(3-5)12(13)14/h1-3,7-8H,4,11H2/t7-,8+/m0/s1. The molecule has 0 spiro atoms. The van der Waals surface area contributed by atoms with Crippen LogP contribution in [0.15, 0.2) is 22.7 Å². The first-order chi connectivity index (χ1) is 6.59. The Bertz CT molecular complexity index is 394. The molecule has 0 radical (unpaired) electrons. The fraction of sp³-hybridized carbons (Fsp3) is 0.333. The Morgan fingerprint density at radius 2 is 2.21 bits per heavy atom. The van der Waals surface area contributed by atoms with E-state index in [-0.39, 0.29) is 22.6 Å². The van der Waals surface area contributed by atoms with E-state index in [2.05, 4.69) is 15.9 Å². The highest BCUT2D eigenvalue weighted by Crippen LogP contribution is 2.43. The summed E-state index contributed by atoms with van der Waals surface area (Å²) in [7, 11) is 0. The van der Waals surface area contributed by atoms with Crippen LogP contribution in [0.1, 0.15) is 17.9 Å². The maximum absolute atomic E-state index is 10.8. The first kappa shape index (κ1) is 9.61. The van der Waals surface area contributed by atoms with Gasteiger partial charge in [0.2, 0.25) is 0 Å². The number of rotatable bonds is 2. The zero-order chi connectivity index (χ0) is 10.3. The second-order valence-corrected chi connectivity index (χ2v) is 4.38. The topological polar surface area (TPSA) is 69.2 Å². The van der Waals surface area contributed by atoms with Crippen molar-refractivity contribution < 1.29 is 4.92 Å². The zero-order valence-corrected chi connectivity index (χ0v) is 8.90. The first-order valence-electron chi connectivity index (χ1n) is 4.29. The van der Waals surface area contributed by atoms with Gasteiger partial charge in [0.25, 0.3) is 5.69 Å². The van der Waals surface area contributed by atoms with E-state index in [9.17, 15) is 10.1 Å². The molecule has 4 nitrogen and oxygen atoms in total. The molecule has 0 aromatic heterocycles. The number of benzene rings is 1. The van der Waals surface area contributed by atoms with Crippen molar-refractivity contribution in [2.75, 3.05) is 0 Å². The second-order valence-electron chi connectivity index (χ2n) is 3.47. The van der Waals surface area contributed by atoms with Crippen LogP contribution in [-0.2, 0) is 0 Å². The number of hydrogen-bond donors (Lipinski definition) is 1. The van der Waals surface area contributed by atoms with Crippen LogP contribution in [0.5, 0.6) is 0 Å². The molecule has 0 saturated heterocycles. The molecule has 1 aromatic rings. The minimum atomic E-state index is -0.356. The fourth-order valence-corrected chi connectivity index (χ4v) is 1.91. The van der Waals surface area contributed by atoms with Crippen LogP contribution in [0.3, 0.4) is 0 Å². The number of nitro groups is 1. The van der Waals surface area contributed by atoms with Crippen molar-refractivity contribution in [3.05, 3.63) is 38.3 Å². The van der Waals surface area contributed by atoms with Crippen molar-refractivity contribution in [3.8, 4) is 0 Å². The molecule has 1 aromatic carbocycles. The fourth-order valence-electron chi connectivity index (χ4n) is 1.56. The van der Waals surface area contributed by atoms with Crippen LogP contribution in [-0.4, -0.2) is 11.0 Å². The minimum Gasteiger partial charge on any atom is -0.327 e. The monoisotopic (exact) mass is 256 g/mol. The third kappa shape index (κ3) is 1.65. The van der Waals surface area contributed by atoms with Gasteiger partial charge in [-0.25, -0.2) is 0 Å². The Kier molecular flexibility index (Phi) is 2.28. The molecule has 0 heterocycles. The molecule has 1 aliphatic rings. The van der Waals surface area contributed by atoms with Gasteiger partial charge in [-0.2, -0.15) is 0 Å². The number of nitrogens with zero attached hydrogens (tertiary/aromatic N) is 1. The summed E-state index contributed by atoms with van der Waals surface area (Å²) in [6.45, 7) is 0. The van der Waals surface area contributed by atoms with Gasteiger partial charge in [0, 0.05) is 28.1 Å². The minimum absolute atomic E-state index is 0.0925. The quantitative estimate of drug-likeness (QED) is 0.652. The van der Waals surface area contributed by atoms with E-state index in [1.54, 1.807) is 6.07 Å². The van der Waals surface area contributed by atoms with Gasteiger partial charge in [-0.15, -0.1) is 0 Å². The summed E-state index contributed by atoms with van der Waals surface area (Å²) in [4.78, 5) is 10.4. The van der Waals surface area contributed by atoms with Crippen molar-refractivity contribution in [1.82, 2.24) is 0 Å². The predicted octanol–water partition coefficient (Wildman–Crippen LogP) is 2.17. The molecule has 2 N–H and O–H groups in total. The highest BCUT2D eigenvalue weighted by molar-refractivity contribution is 9.10. The summed E-state index contributed by atoms with van der Waals surface area (Å²) in [5.74, 6) is 0.170. The van der Waals surface area contributed by atoms with Gasteiger partial charge in [0.15, 0.2) is 0 Å². The summed E-state index contributed by atoms with van der Waals surface area (Å²) in [5, 5.41) is 10.8. The predicted molar refractivity (Wildman–Crippen MR) is 56.1 cm³/mol. The van der Waals surface area contributed by atoms with Crippen LogP contribution < -0.4 is 5.73 Å². The average molecular weight is 257 g/mol. The van der Waals surface area contributed by atoms with Gasteiger partial charge in [-0.1, -0.05) is 22.0 Å². The lowest BCUT2D eigenvalue weighted by Gasteiger charge is -2.01. The molecule has 14 heavy (non-hydrogen) atoms. The van der Waals surface area contributed by atoms with E-state index in [0.29, 0.717) is 0 Å². The van der Waals surface area contributed by atoms with Gasteiger partial charge in [0.05, 0.1) is 4.92 Å². The third-order valence-electron chi connectivity index (χ3n) is 2.43. The number of halogens is 1. The summed E-state index contributed by atoms with van der Waals surface area (Å²) < 4.78 is 0.724. The highest BCUT2D eigenvalue weighted by atomic mass is 79.9. The van der Waals surface area contributed by atoms with E-state index in [4.69, 9.17) is 5.73 Å². The van der Waals surface area contributed by atoms with Crippen LogP contribution in [0, 0.1) is 10.1 Å². The summed E-state index contributed by atoms with van der Waals surface area (Å²) in [6.07, 6.45) is 0.850. The molecular weight excluding hydrogens is 248 g/mol. The number of nitrogens with two attached hydrogens (primary N) is 1. The van der Waals surface area contributed by atoms with Crippen LogP contribution in [0.2, 0.25) is 0 Å². The van der Waals surface area contributed by atoms with Gasteiger partial charge in [-0.05, 0) is 12.5 Å². The molecule has 1 aliphatic carbocycles. The molecule has 2 rings (SSSR count). The van der Waals surface area contributed by atoms with Gasteiger partial charge >= 0.3 is 0 Å². The molecule has 1 saturated carbocycles. The van der Waals surface area contributed by atoms with Gasteiger partial charge in [-0.3, -0.25) is 10.1 Å². The molecule has 2 atom stereocenters. The SMILES string of the molecule is N[C@@H]1C[C@H]1c1ccc(Br)cc1[N+](=O)[O-]. The van der Waals surface area contributed by atoms with Crippen molar-refractivity contribution in [3.63, 3.8) is 0 Å². The van der Waals surface area contributed by atoms with E-state index < -0.39 is 0 Å². The largest absolute Gasteiger partial charge is 0.327 e. The molecule has 74 valence electrons. The molecular formula is C9H9BrN2O2. The van der Waals surface area contributed by atoms with Crippen molar-refractivity contribution in [2.24, 2.45) is 5.73 Å². The molecule has 0 bridgehead atoms. The lowest BCUT2D eigenvalue weighted by molar-refractivity contribution is -0.385. The summed E-state index contributed by atoms with van der Waals surface area (Å²) in [5.41, 5.74) is 6.59. The number of hydrogen-bond acceptors (Lipinski definition) is 3. The van der Waals surface area contributed by atoms with Crippen LogP contribution in [0.25, 0.3) is 0 Å². The average Bonchev–Trinajstić information content (AvgIpc) is 2.82. The van der Waals surface area contributed by atoms with Crippen molar-refractivity contribution >= 4 is 21.6 Å². The summed E-state index contributed by atoms with van der Waals surface area (Å²) in [6, 6.07) is 5.21. The maximum Gasteiger partial charge on any atom is 0.274 e. The van der Waals surface area contributed by atoms with Crippen LogP contribution >= 0.6 is 15.9 Å². The first-order valence-corrected chi connectivity index (χ1v) is 5.08. The molecule has 5 heteroatoms. The van der Waals surface area contributed by atoms with Crippen molar-refractivity contribution in [2.45, 2.75) is 18.4 Å². The van der Waals surface area contributed by atoms with E-state index >= 15 is 0 Å². The normalized spacial score (nSPS) is 24.7. The molecule has 0 amide bonds. The lowest BCUT2D eigenvalue weighted by Crippen LogP contribution is -2.03. The Hall–Kier alpha value is -0.940. The number of nitro benzene ring substituents is 1. The van der Waals surface area contributed by atoms with Gasteiger partial charge < -0.3 is 5.73 Å². The lowest BCUT2D eigenvalue weighted by atomic mass is 10.1. The van der Waals surface area contributed by atoms with Crippen LogP contribution in [0.4, 0.5) is 5.69 Å². The smallest absolute Gasteiger partial charge is 0.274 e. The molecule has 1 fully saturated rings. The summed E-state index contributed by atoms with van der Waals surface area (Å²) >= 11 is 3.21. The Morgan fingerprint density at radius 3 is 2.71 bits per heavy atom. The van der Waals surface area contributed by atoms with E-state index in [1.807, 2.05) is 6.07 Å². The third-order valence-corrected chi connectivity index (χ3v) is 2.92. The van der Waals surface area contributed by atoms with Gasteiger partial charge in [0.1, 0.15) is 0 Å².